The Balaban J connectivity index is 1.80. The fourth-order valence-corrected chi connectivity index (χ4v) is 2.71. The summed E-state index contributed by atoms with van der Waals surface area (Å²) in [7, 11) is 0. The lowest BCUT2D eigenvalue weighted by Gasteiger charge is -2.33. The largest absolute Gasteiger partial charge is 0.476 e. The van der Waals surface area contributed by atoms with Crippen LogP contribution >= 0.6 is 0 Å². The average molecular weight is 338 g/mol. The SMILES string of the molecule is CC(=O)c1cccc(NC(=O)[C@@H]2CN(C(C)=O)c3ccccc3O2)c1. The minimum atomic E-state index is -0.834. The zero-order valence-electron chi connectivity index (χ0n) is 14.0. The van der Waals surface area contributed by atoms with Gasteiger partial charge in [-0.1, -0.05) is 24.3 Å². The van der Waals surface area contributed by atoms with Gasteiger partial charge in [-0.25, -0.2) is 0 Å². The highest BCUT2D eigenvalue weighted by atomic mass is 16.5. The number of para-hydroxylation sites is 2. The second-order valence-electron chi connectivity index (χ2n) is 5.83. The molecule has 6 nitrogen and oxygen atoms in total. The van der Waals surface area contributed by atoms with E-state index < -0.39 is 6.10 Å². The third kappa shape index (κ3) is 3.52. The smallest absolute Gasteiger partial charge is 0.267 e. The summed E-state index contributed by atoms with van der Waals surface area (Å²) < 4.78 is 5.75. The van der Waals surface area contributed by atoms with E-state index in [0.717, 1.165) is 0 Å². The van der Waals surface area contributed by atoms with Gasteiger partial charge in [0.15, 0.2) is 11.9 Å². The van der Waals surface area contributed by atoms with E-state index >= 15 is 0 Å². The molecule has 0 unspecified atom stereocenters. The van der Waals surface area contributed by atoms with Crippen LogP contribution < -0.4 is 15.0 Å². The first-order valence-corrected chi connectivity index (χ1v) is 7.91. The number of amides is 2. The summed E-state index contributed by atoms with van der Waals surface area (Å²) in [5, 5.41) is 2.74. The molecule has 0 aliphatic carbocycles. The number of rotatable bonds is 3. The van der Waals surface area contributed by atoms with E-state index in [1.165, 1.54) is 18.7 Å². The molecule has 0 saturated heterocycles. The number of ketones is 1. The predicted molar refractivity (Wildman–Crippen MR) is 94.0 cm³/mol. The summed E-state index contributed by atoms with van der Waals surface area (Å²) in [5.41, 5.74) is 1.67. The number of hydrogen-bond donors (Lipinski definition) is 1. The fraction of sp³-hybridized carbons (Fsp3) is 0.211. The molecule has 2 aromatic rings. The molecule has 1 atom stereocenters. The van der Waals surface area contributed by atoms with E-state index in [1.54, 1.807) is 42.5 Å². The van der Waals surface area contributed by atoms with Gasteiger partial charge in [-0.2, -0.15) is 0 Å². The monoisotopic (exact) mass is 338 g/mol. The van der Waals surface area contributed by atoms with Crippen LogP contribution in [0.4, 0.5) is 11.4 Å². The third-order valence-corrected chi connectivity index (χ3v) is 3.98. The van der Waals surface area contributed by atoms with Crippen molar-refractivity contribution in [3.05, 3.63) is 54.1 Å². The molecule has 0 bridgehead atoms. The van der Waals surface area contributed by atoms with Gasteiger partial charge in [0.25, 0.3) is 5.91 Å². The molecule has 2 amide bonds. The highest BCUT2D eigenvalue weighted by molar-refractivity contribution is 6.00. The van der Waals surface area contributed by atoms with Crippen molar-refractivity contribution in [3.63, 3.8) is 0 Å². The highest BCUT2D eigenvalue weighted by Gasteiger charge is 2.32. The summed E-state index contributed by atoms with van der Waals surface area (Å²) in [6, 6.07) is 13.8. The molecule has 1 aliphatic heterocycles. The van der Waals surface area contributed by atoms with Gasteiger partial charge in [0, 0.05) is 18.2 Å². The molecular weight excluding hydrogens is 320 g/mol. The van der Waals surface area contributed by atoms with Crippen LogP contribution in [0.15, 0.2) is 48.5 Å². The number of Topliss-reactive ketones (excluding diaryl/α,β-unsaturated/α-hetero) is 1. The molecule has 0 spiro atoms. The standard InChI is InChI=1S/C19H18N2O4/c1-12(22)14-6-5-7-15(10-14)20-19(24)18-11-21(13(2)23)16-8-3-4-9-17(16)25-18/h3-10,18H,11H2,1-2H3,(H,20,24)/t18-/m0/s1. The van der Waals surface area contributed by atoms with Crippen LogP contribution in [0.5, 0.6) is 5.75 Å². The third-order valence-electron chi connectivity index (χ3n) is 3.98. The Morgan fingerprint density at radius 2 is 1.84 bits per heavy atom. The van der Waals surface area contributed by atoms with Gasteiger partial charge in [-0.3, -0.25) is 14.4 Å². The molecule has 6 heteroatoms. The molecule has 1 aliphatic rings. The molecule has 128 valence electrons. The van der Waals surface area contributed by atoms with Gasteiger partial charge in [0.2, 0.25) is 5.91 Å². The Bertz CT molecular complexity index is 847. The molecule has 1 heterocycles. The number of nitrogens with zero attached hydrogens (tertiary/aromatic N) is 1. The Hall–Kier alpha value is -3.15. The molecule has 0 aromatic heterocycles. The van der Waals surface area contributed by atoms with Crippen molar-refractivity contribution in [1.29, 1.82) is 0 Å². The van der Waals surface area contributed by atoms with E-state index in [2.05, 4.69) is 5.32 Å². The van der Waals surface area contributed by atoms with Crippen molar-refractivity contribution in [2.45, 2.75) is 20.0 Å². The van der Waals surface area contributed by atoms with Crippen molar-refractivity contribution < 1.29 is 19.1 Å². The normalized spacial score (nSPS) is 15.8. The van der Waals surface area contributed by atoms with Crippen LogP contribution in [0.3, 0.4) is 0 Å². The molecule has 0 radical (unpaired) electrons. The van der Waals surface area contributed by atoms with Gasteiger partial charge >= 0.3 is 0 Å². The summed E-state index contributed by atoms with van der Waals surface area (Å²) in [5.74, 6) is -0.128. The van der Waals surface area contributed by atoms with Gasteiger partial charge in [0.1, 0.15) is 5.75 Å². The van der Waals surface area contributed by atoms with Crippen molar-refractivity contribution in [2.75, 3.05) is 16.8 Å². The quantitative estimate of drug-likeness (QED) is 0.873. The van der Waals surface area contributed by atoms with Crippen LogP contribution in [0.1, 0.15) is 24.2 Å². The van der Waals surface area contributed by atoms with E-state index in [-0.39, 0.29) is 24.1 Å². The topological polar surface area (TPSA) is 75.7 Å². The number of ether oxygens (including phenoxy) is 1. The number of carbonyl (C=O) groups is 3. The molecule has 3 rings (SSSR count). The van der Waals surface area contributed by atoms with Crippen molar-refractivity contribution in [3.8, 4) is 5.75 Å². The average Bonchev–Trinajstić information content (AvgIpc) is 2.60. The lowest BCUT2D eigenvalue weighted by Crippen LogP contribution is -2.48. The maximum Gasteiger partial charge on any atom is 0.267 e. The number of anilines is 2. The number of carbonyl (C=O) groups excluding carboxylic acids is 3. The number of fused-ring (bicyclic) bond motifs is 1. The fourth-order valence-electron chi connectivity index (χ4n) is 2.71. The number of hydrogen-bond acceptors (Lipinski definition) is 4. The molecule has 25 heavy (non-hydrogen) atoms. The molecule has 0 fully saturated rings. The minimum Gasteiger partial charge on any atom is -0.476 e. The van der Waals surface area contributed by atoms with E-state index in [1.807, 2.05) is 6.07 Å². The van der Waals surface area contributed by atoms with Crippen LogP contribution in [0.2, 0.25) is 0 Å². The van der Waals surface area contributed by atoms with Crippen molar-refractivity contribution in [2.24, 2.45) is 0 Å². The van der Waals surface area contributed by atoms with Crippen molar-refractivity contribution in [1.82, 2.24) is 0 Å². The van der Waals surface area contributed by atoms with E-state index in [0.29, 0.717) is 22.7 Å². The maximum atomic E-state index is 12.6. The van der Waals surface area contributed by atoms with Crippen LogP contribution in [-0.2, 0) is 9.59 Å². The second kappa shape index (κ2) is 6.76. The van der Waals surface area contributed by atoms with Crippen LogP contribution in [0, 0.1) is 0 Å². The summed E-state index contributed by atoms with van der Waals surface area (Å²) >= 11 is 0. The van der Waals surface area contributed by atoms with Gasteiger partial charge < -0.3 is 15.0 Å². The number of benzene rings is 2. The van der Waals surface area contributed by atoms with Crippen molar-refractivity contribution >= 4 is 29.0 Å². The first-order valence-electron chi connectivity index (χ1n) is 7.91. The Kier molecular flexibility index (Phi) is 4.52. The van der Waals surface area contributed by atoms with E-state index in [4.69, 9.17) is 4.74 Å². The zero-order valence-corrected chi connectivity index (χ0v) is 14.0. The molecular formula is C19H18N2O4. The molecule has 1 N–H and O–H groups in total. The Labute approximate surface area is 145 Å². The predicted octanol–water partition coefficient (Wildman–Crippen LogP) is 2.64. The first-order chi connectivity index (χ1) is 12.0. The Morgan fingerprint density at radius 1 is 1.08 bits per heavy atom. The maximum absolute atomic E-state index is 12.6. The zero-order chi connectivity index (χ0) is 18.0. The van der Waals surface area contributed by atoms with Gasteiger partial charge in [-0.15, -0.1) is 0 Å². The summed E-state index contributed by atoms with van der Waals surface area (Å²) in [6.07, 6.45) is -0.834. The van der Waals surface area contributed by atoms with Gasteiger partial charge in [-0.05, 0) is 31.2 Å². The lowest BCUT2D eigenvalue weighted by molar-refractivity contribution is -0.123. The number of nitrogens with one attached hydrogen (secondary N) is 1. The second-order valence-corrected chi connectivity index (χ2v) is 5.83. The Morgan fingerprint density at radius 3 is 2.56 bits per heavy atom. The lowest BCUT2D eigenvalue weighted by atomic mass is 10.1. The molecule has 2 aromatic carbocycles. The van der Waals surface area contributed by atoms with Crippen LogP contribution in [0.25, 0.3) is 0 Å². The summed E-state index contributed by atoms with van der Waals surface area (Å²) in [4.78, 5) is 37.5. The minimum absolute atomic E-state index is 0.0818. The first kappa shape index (κ1) is 16.7. The van der Waals surface area contributed by atoms with E-state index in [9.17, 15) is 14.4 Å². The molecule has 0 saturated carbocycles. The summed E-state index contributed by atoms with van der Waals surface area (Å²) in [6.45, 7) is 3.05. The van der Waals surface area contributed by atoms with Crippen LogP contribution in [-0.4, -0.2) is 30.2 Å². The van der Waals surface area contributed by atoms with Gasteiger partial charge in [0.05, 0.1) is 12.2 Å². The highest BCUT2D eigenvalue weighted by Crippen LogP contribution is 2.33.